The maximum atomic E-state index is 12.7. The Balaban J connectivity index is 2.38. The zero-order valence-corrected chi connectivity index (χ0v) is 12.2. The lowest BCUT2D eigenvalue weighted by Gasteiger charge is -2.08. The molecule has 0 saturated heterocycles. The SMILES string of the molecule is O=Cc1cc2ccc(Cl)nc2n1S(=O)(=O)c1ccccc1. The maximum absolute atomic E-state index is 12.7. The second-order valence-electron chi connectivity index (χ2n) is 4.32. The van der Waals surface area contributed by atoms with Gasteiger partial charge in [0.25, 0.3) is 10.0 Å². The third kappa shape index (κ3) is 2.22. The fourth-order valence-electron chi connectivity index (χ4n) is 2.08. The summed E-state index contributed by atoms with van der Waals surface area (Å²) in [4.78, 5) is 15.3. The summed E-state index contributed by atoms with van der Waals surface area (Å²) in [6, 6.07) is 12.5. The van der Waals surface area contributed by atoms with Crippen LogP contribution in [0.25, 0.3) is 11.0 Å². The molecule has 106 valence electrons. The van der Waals surface area contributed by atoms with Gasteiger partial charge in [-0.3, -0.25) is 4.79 Å². The van der Waals surface area contributed by atoms with Crippen molar-refractivity contribution < 1.29 is 13.2 Å². The van der Waals surface area contributed by atoms with E-state index in [9.17, 15) is 13.2 Å². The van der Waals surface area contributed by atoms with Crippen molar-refractivity contribution in [1.29, 1.82) is 0 Å². The molecule has 1 aromatic carbocycles. The Morgan fingerprint density at radius 2 is 1.81 bits per heavy atom. The van der Waals surface area contributed by atoms with E-state index in [1.807, 2.05) is 0 Å². The monoisotopic (exact) mass is 320 g/mol. The van der Waals surface area contributed by atoms with Crippen LogP contribution in [0, 0.1) is 0 Å². The quantitative estimate of drug-likeness (QED) is 0.549. The topological polar surface area (TPSA) is 69.0 Å². The molecule has 7 heteroatoms. The van der Waals surface area contributed by atoms with Gasteiger partial charge in [0.2, 0.25) is 0 Å². The number of carbonyl (C=O) groups excluding carboxylic acids is 1. The van der Waals surface area contributed by atoms with Gasteiger partial charge in [0.15, 0.2) is 11.9 Å². The van der Waals surface area contributed by atoms with Crippen LogP contribution in [0.3, 0.4) is 0 Å². The molecule has 0 N–H and O–H groups in total. The summed E-state index contributed by atoms with van der Waals surface area (Å²) >= 11 is 5.83. The van der Waals surface area contributed by atoms with Crippen LogP contribution in [-0.2, 0) is 10.0 Å². The molecule has 0 aliphatic carbocycles. The molecular formula is C14H9ClN2O3S. The minimum absolute atomic E-state index is 0.00335. The highest BCUT2D eigenvalue weighted by Gasteiger charge is 2.23. The molecule has 0 amide bonds. The number of carbonyl (C=O) groups is 1. The standard InChI is InChI=1S/C14H9ClN2O3S/c15-13-7-6-10-8-11(9-18)17(14(10)16-13)21(19,20)12-4-2-1-3-5-12/h1-9H. The first-order chi connectivity index (χ1) is 10.0. The minimum atomic E-state index is -3.92. The van der Waals surface area contributed by atoms with Crippen LogP contribution in [0.1, 0.15) is 10.5 Å². The van der Waals surface area contributed by atoms with Gasteiger partial charge in [-0.25, -0.2) is 17.4 Å². The molecule has 0 atom stereocenters. The minimum Gasteiger partial charge on any atom is -0.296 e. The summed E-state index contributed by atoms with van der Waals surface area (Å²) in [5.74, 6) is 0. The van der Waals surface area contributed by atoms with E-state index in [4.69, 9.17) is 11.6 Å². The van der Waals surface area contributed by atoms with Crippen LogP contribution in [0.5, 0.6) is 0 Å². The van der Waals surface area contributed by atoms with Crippen molar-refractivity contribution in [3.63, 3.8) is 0 Å². The number of halogens is 1. The number of aromatic nitrogens is 2. The van der Waals surface area contributed by atoms with Crippen molar-refractivity contribution in [3.8, 4) is 0 Å². The second-order valence-corrected chi connectivity index (χ2v) is 6.49. The largest absolute Gasteiger partial charge is 0.296 e. The zero-order chi connectivity index (χ0) is 15.0. The number of nitrogens with zero attached hydrogens (tertiary/aromatic N) is 2. The van der Waals surface area contributed by atoms with Crippen LogP contribution in [0.2, 0.25) is 5.15 Å². The van der Waals surface area contributed by atoms with Gasteiger partial charge in [-0.15, -0.1) is 0 Å². The maximum Gasteiger partial charge on any atom is 0.270 e. The third-order valence-electron chi connectivity index (χ3n) is 3.00. The Hall–Kier alpha value is -2.18. The number of benzene rings is 1. The fourth-order valence-corrected chi connectivity index (χ4v) is 3.69. The predicted molar refractivity (Wildman–Crippen MR) is 79.2 cm³/mol. The number of rotatable bonds is 3. The number of hydrogen-bond acceptors (Lipinski definition) is 4. The molecular weight excluding hydrogens is 312 g/mol. The van der Waals surface area contributed by atoms with Gasteiger partial charge in [0.05, 0.1) is 10.6 Å². The first kappa shape index (κ1) is 13.8. The molecule has 2 aromatic heterocycles. The normalized spacial score (nSPS) is 11.7. The van der Waals surface area contributed by atoms with Crippen molar-refractivity contribution in [2.45, 2.75) is 4.90 Å². The Morgan fingerprint density at radius 1 is 1.10 bits per heavy atom. The van der Waals surface area contributed by atoms with Gasteiger partial charge in [0, 0.05) is 5.39 Å². The number of fused-ring (bicyclic) bond motifs is 1. The third-order valence-corrected chi connectivity index (χ3v) is 4.95. The average Bonchev–Trinajstić information content (AvgIpc) is 2.86. The molecule has 3 rings (SSSR count). The molecule has 0 fully saturated rings. The van der Waals surface area contributed by atoms with Crippen LogP contribution in [0.15, 0.2) is 53.4 Å². The van der Waals surface area contributed by atoms with Gasteiger partial charge in [-0.2, -0.15) is 0 Å². The summed E-state index contributed by atoms with van der Waals surface area (Å²) in [6.07, 6.45) is 0.482. The lowest BCUT2D eigenvalue weighted by molar-refractivity contribution is 0.111. The molecule has 0 saturated carbocycles. The lowest BCUT2D eigenvalue weighted by atomic mass is 10.3. The molecule has 0 aliphatic rings. The van der Waals surface area contributed by atoms with Crippen molar-refractivity contribution in [2.24, 2.45) is 0 Å². The Labute approximate surface area is 125 Å². The molecule has 0 spiro atoms. The van der Waals surface area contributed by atoms with Gasteiger partial charge in [-0.1, -0.05) is 29.8 Å². The summed E-state index contributed by atoms with van der Waals surface area (Å²) in [5.41, 5.74) is 0.136. The van der Waals surface area contributed by atoms with Crippen LogP contribution >= 0.6 is 11.6 Å². The highest BCUT2D eigenvalue weighted by Crippen LogP contribution is 2.24. The molecule has 3 aromatic rings. The van der Waals surface area contributed by atoms with Gasteiger partial charge in [0.1, 0.15) is 5.15 Å². The van der Waals surface area contributed by atoms with Crippen molar-refractivity contribution in [3.05, 3.63) is 59.4 Å². The van der Waals surface area contributed by atoms with E-state index < -0.39 is 10.0 Å². The van der Waals surface area contributed by atoms with E-state index in [0.717, 1.165) is 3.97 Å². The van der Waals surface area contributed by atoms with E-state index in [1.165, 1.54) is 24.3 Å². The highest BCUT2D eigenvalue weighted by atomic mass is 35.5. The Bertz CT molecular complexity index is 934. The first-order valence-corrected chi connectivity index (χ1v) is 7.79. The van der Waals surface area contributed by atoms with Crippen molar-refractivity contribution >= 4 is 38.9 Å². The smallest absolute Gasteiger partial charge is 0.270 e. The van der Waals surface area contributed by atoms with E-state index in [2.05, 4.69) is 4.98 Å². The molecule has 5 nitrogen and oxygen atoms in total. The fraction of sp³-hybridized carbons (Fsp3) is 0. The Kier molecular flexibility index (Phi) is 3.27. The van der Waals surface area contributed by atoms with E-state index in [-0.39, 0.29) is 21.4 Å². The van der Waals surface area contributed by atoms with Crippen molar-refractivity contribution in [1.82, 2.24) is 8.96 Å². The van der Waals surface area contributed by atoms with Crippen LogP contribution in [0.4, 0.5) is 0 Å². The van der Waals surface area contributed by atoms with E-state index >= 15 is 0 Å². The number of aldehydes is 1. The van der Waals surface area contributed by atoms with Gasteiger partial charge in [-0.05, 0) is 30.3 Å². The van der Waals surface area contributed by atoms with Gasteiger partial charge < -0.3 is 0 Å². The summed E-state index contributed by atoms with van der Waals surface area (Å²) < 4.78 is 26.4. The second kappa shape index (κ2) is 4.98. The van der Waals surface area contributed by atoms with E-state index in [0.29, 0.717) is 11.7 Å². The lowest BCUT2D eigenvalue weighted by Crippen LogP contribution is -2.15. The molecule has 0 bridgehead atoms. The molecule has 0 aliphatic heterocycles. The number of hydrogen-bond donors (Lipinski definition) is 0. The van der Waals surface area contributed by atoms with Gasteiger partial charge >= 0.3 is 0 Å². The molecule has 21 heavy (non-hydrogen) atoms. The van der Waals surface area contributed by atoms with E-state index in [1.54, 1.807) is 24.3 Å². The molecule has 0 radical (unpaired) electrons. The highest BCUT2D eigenvalue weighted by molar-refractivity contribution is 7.90. The van der Waals surface area contributed by atoms with Crippen molar-refractivity contribution in [2.75, 3.05) is 0 Å². The predicted octanol–water partition coefficient (Wildman–Crippen LogP) is 2.74. The molecule has 2 heterocycles. The first-order valence-electron chi connectivity index (χ1n) is 5.98. The zero-order valence-electron chi connectivity index (χ0n) is 10.6. The molecule has 0 unspecified atom stereocenters. The summed E-state index contributed by atoms with van der Waals surface area (Å²) in [5, 5.41) is 0.684. The average molecular weight is 321 g/mol. The summed E-state index contributed by atoms with van der Waals surface area (Å²) in [6.45, 7) is 0. The Morgan fingerprint density at radius 3 is 2.48 bits per heavy atom. The number of pyridine rings is 1. The van der Waals surface area contributed by atoms with Crippen LogP contribution < -0.4 is 0 Å². The van der Waals surface area contributed by atoms with Crippen LogP contribution in [-0.4, -0.2) is 23.7 Å². The summed E-state index contributed by atoms with van der Waals surface area (Å²) in [7, 11) is -3.92.